The van der Waals surface area contributed by atoms with Crippen LogP contribution in [0.5, 0.6) is 11.5 Å². The number of carbonyl (C=O) groups is 2. The van der Waals surface area contributed by atoms with Crippen LogP contribution in [0.25, 0.3) is 0 Å². The lowest BCUT2D eigenvalue weighted by molar-refractivity contribution is -0.120. The number of aliphatic hydroxyl groups excluding tert-OH is 1. The Morgan fingerprint density at radius 1 is 0.750 bits per heavy atom. The zero-order valence-corrected chi connectivity index (χ0v) is 21.9. The lowest BCUT2D eigenvalue weighted by Gasteiger charge is -2.14. The Kier molecular flexibility index (Phi) is 12.9. The largest absolute Gasteiger partial charge is 0.508 e. The Hall–Kier alpha value is -3.02. The SMILES string of the molecule is COC1=CC(=O)C(CCCCCCCC=CCCCCCCCc2cc(O)c(C)c(O)c2)=C(O)C1=O. The van der Waals surface area contributed by atoms with Gasteiger partial charge in [0.1, 0.15) is 11.5 Å². The number of benzene rings is 1. The van der Waals surface area contributed by atoms with E-state index in [1.807, 2.05) is 0 Å². The zero-order valence-electron chi connectivity index (χ0n) is 21.9. The molecule has 3 N–H and O–H groups in total. The minimum absolute atomic E-state index is 0.103. The number of ether oxygens (including phenoxy) is 1. The second-order valence-electron chi connectivity index (χ2n) is 9.58. The van der Waals surface area contributed by atoms with E-state index in [2.05, 4.69) is 12.2 Å². The van der Waals surface area contributed by atoms with Crippen LogP contribution in [0.3, 0.4) is 0 Å². The Balaban J connectivity index is 1.42. The average molecular weight is 499 g/mol. The van der Waals surface area contributed by atoms with Crippen molar-refractivity contribution >= 4 is 11.6 Å². The van der Waals surface area contributed by atoms with Gasteiger partial charge in [0.05, 0.1) is 7.11 Å². The topological polar surface area (TPSA) is 104 Å². The predicted octanol–water partition coefficient (Wildman–Crippen LogP) is 7.07. The second-order valence-corrected chi connectivity index (χ2v) is 9.58. The van der Waals surface area contributed by atoms with Gasteiger partial charge in [0.15, 0.2) is 17.3 Å². The monoisotopic (exact) mass is 498 g/mol. The highest BCUT2D eigenvalue weighted by Crippen LogP contribution is 2.28. The van der Waals surface area contributed by atoms with Crippen LogP contribution in [0.1, 0.15) is 94.6 Å². The molecule has 6 heteroatoms. The van der Waals surface area contributed by atoms with E-state index in [0.717, 1.165) is 75.8 Å². The molecule has 0 fully saturated rings. The maximum absolute atomic E-state index is 12.0. The smallest absolute Gasteiger partial charge is 0.262 e. The van der Waals surface area contributed by atoms with E-state index in [1.165, 1.54) is 26.4 Å². The van der Waals surface area contributed by atoms with Crippen LogP contribution >= 0.6 is 0 Å². The van der Waals surface area contributed by atoms with Crippen LogP contribution in [-0.4, -0.2) is 34.0 Å². The first-order valence-electron chi connectivity index (χ1n) is 13.3. The van der Waals surface area contributed by atoms with Crippen molar-refractivity contribution in [2.45, 2.75) is 96.8 Å². The number of hydrogen-bond donors (Lipinski definition) is 3. The number of methoxy groups -OCH3 is 1. The second kappa shape index (κ2) is 15.9. The van der Waals surface area contributed by atoms with Crippen molar-refractivity contribution in [1.29, 1.82) is 0 Å². The van der Waals surface area contributed by atoms with Crippen molar-refractivity contribution in [3.63, 3.8) is 0 Å². The van der Waals surface area contributed by atoms with E-state index in [1.54, 1.807) is 19.1 Å². The summed E-state index contributed by atoms with van der Waals surface area (Å²) >= 11 is 0. The third-order valence-electron chi connectivity index (χ3n) is 6.72. The maximum Gasteiger partial charge on any atom is 0.262 e. The first-order valence-corrected chi connectivity index (χ1v) is 13.3. The Morgan fingerprint density at radius 3 is 1.81 bits per heavy atom. The number of Topliss-reactive ketones (excluding diaryl/α,β-unsaturated/α-hetero) is 1. The third-order valence-corrected chi connectivity index (χ3v) is 6.72. The van der Waals surface area contributed by atoms with E-state index in [-0.39, 0.29) is 28.6 Å². The highest BCUT2D eigenvalue weighted by molar-refractivity contribution is 6.20. The number of rotatable bonds is 17. The molecule has 1 aromatic carbocycles. The number of ketones is 2. The Morgan fingerprint density at radius 2 is 1.25 bits per heavy atom. The molecule has 0 saturated heterocycles. The number of phenolic OH excluding ortho intramolecular Hbond substituents is 2. The third kappa shape index (κ3) is 9.56. The molecule has 0 atom stereocenters. The summed E-state index contributed by atoms with van der Waals surface area (Å²) in [5.74, 6) is -1.18. The fourth-order valence-electron chi connectivity index (χ4n) is 4.37. The van der Waals surface area contributed by atoms with Crippen molar-refractivity contribution < 1.29 is 29.6 Å². The highest BCUT2D eigenvalue weighted by Gasteiger charge is 2.28. The summed E-state index contributed by atoms with van der Waals surface area (Å²) < 4.78 is 4.82. The zero-order chi connectivity index (χ0) is 26.3. The number of aliphatic hydroxyl groups is 1. The molecule has 0 radical (unpaired) electrons. The molecular formula is C30H42O6. The molecule has 0 amide bonds. The molecule has 36 heavy (non-hydrogen) atoms. The summed E-state index contributed by atoms with van der Waals surface area (Å²) in [6.45, 7) is 1.71. The van der Waals surface area contributed by atoms with Crippen LogP contribution in [0, 0.1) is 6.92 Å². The number of carbonyl (C=O) groups excluding carboxylic acids is 2. The van der Waals surface area contributed by atoms with Gasteiger partial charge in [-0.15, -0.1) is 0 Å². The van der Waals surface area contributed by atoms with Gasteiger partial charge >= 0.3 is 0 Å². The fraction of sp³-hybridized carbons (Fsp3) is 0.533. The van der Waals surface area contributed by atoms with Crippen LogP contribution in [0.15, 0.2) is 47.5 Å². The first-order chi connectivity index (χ1) is 17.3. The van der Waals surface area contributed by atoms with Gasteiger partial charge in [-0.3, -0.25) is 9.59 Å². The van der Waals surface area contributed by atoms with Gasteiger partial charge in [0.2, 0.25) is 0 Å². The molecule has 1 aromatic rings. The van der Waals surface area contributed by atoms with Gasteiger partial charge in [-0.2, -0.15) is 0 Å². The summed E-state index contributed by atoms with van der Waals surface area (Å²) in [7, 11) is 1.31. The number of phenols is 2. The predicted molar refractivity (Wildman–Crippen MR) is 142 cm³/mol. The lowest BCUT2D eigenvalue weighted by atomic mass is 9.95. The van der Waals surface area contributed by atoms with Crippen molar-refractivity contribution in [2.24, 2.45) is 0 Å². The molecule has 0 heterocycles. The van der Waals surface area contributed by atoms with Crippen molar-refractivity contribution in [2.75, 3.05) is 7.11 Å². The maximum atomic E-state index is 12.0. The van der Waals surface area contributed by atoms with Crippen molar-refractivity contribution in [3.05, 3.63) is 58.6 Å². The minimum Gasteiger partial charge on any atom is -0.508 e. The van der Waals surface area contributed by atoms with Crippen LogP contribution < -0.4 is 0 Å². The van der Waals surface area contributed by atoms with E-state index < -0.39 is 11.5 Å². The van der Waals surface area contributed by atoms with E-state index in [4.69, 9.17) is 4.74 Å². The first kappa shape index (κ1) is 29.2. The Labute approximate surface area is 215 Å². The van der Waals surface area contributed by atoms with Crippen LogP contribution in [0.2, 0.25) is 0 Å². The van der Waals surface area contributed by atoms with Gasteiger partial charge < -0.3 is 20.1 Å². The summed E-state index contributed by atoms with van der Waals surface area (Å²) in [6.07, 6.45) is 20.2. The molecule has 0 saturated carbocycles. The lowest BCUT2D eigenvalue weighted by Crippen LogP contribution is -2.20. The molecule has 0 aliphatic heterocycles. The van der Waals surface area contributed by atoms with E-state index in [9.17, 15) is 24.9 Å². The molecular weight excluding hydrogens is 456 g/mol. The van der Waals surface area contributed by atoms with Gasteiger partial charge in [0, 0.05) is 17.2 Å². The molecule has 0 unspecified atom stereocenters. The Bertz CT molecular complexity index is 947. The van der Waals surface area contributed by atoms with Crippen molar-refractivity contribution in [1.82, 2.24) is 0 Å². The van der Waals surface area contributed by atoms with Crippen LogP contribution in [-0.2, 0) is 20.7 Å². The van der Waals surface area contributed by atoms with E-state index >= 15 is 0 Å². The number of unbranched alkanes of at least 4 members (excludes halogenated alkanes) is 10. The molecule has 0 aromatic heterocycles. The van der Waals surface area contributed by atoms with E-state index in [0.29, 0.717) is 12.0 Å². The standard InChI is InChI=1S/C30H42O6/c1-22-25(31)19-23(20-26(22)32)17-15-13-11-9-7-5-3-4-6-8-10-12-14-16-18-24-27(33)21-28(36-2)30(35)29(24)34/h3-4,19-21,31-32,34H,5-18H2,1-2H3. The summed E-state index contributed by atoms with van der Waals surface area (Å²) in [4.78, 5) is 23.9. The molecule has 0 bridgehead atoms. The highest BCUT2D eigenvalue weighted by atomic mass is 16.5. The number of allylic oxidation sites excluding steroid dienone is 4. The molecule has 198 valence electrons. The number of hydrogen-bond acceptors (Lipinski definition) is 6. The molecule has 2 rings (SSSR count). The van der Waals surface area contributed by atoms with Gasteiger partial charge in [-0.25, -0.2) is 0 Å². The van der Waals surface area contributed by atoms with Gasteiger partial charge in [0.25, 0.3) is 5.78 Å². The minimum atomic E-state index is -0.610. The molecule has 6 nitrogen and oxygen atoms in total. The molecule has 0 spiro atoms. The molecule has 1 aliphatic carbocycles. The quantitative estimate of drug-likeness (QED) is 0.121. The average Bonchev–Trinajstić information content (AvgIpc) is 2.86. The molecule has 1 aliphatic rings. The summed E-state index contributed by atoms with van der Waals surface area (Å²) in [5, 5.41) is 29.5. The normalized spacial score (nSPS) is 14.1. The van der Waals surface area contributed by atoms with Crippen molar-refractivity contribution in [3.8, 4) is 11.5 Å². The fourth-order valence-corrected chi connectivity index (χ4v) is 4.37. The van der Waals surface area contributed by atoms with Gasteiger partial charge in [-0.1, -0.05) is 50.7 Å². The number of aromatic hydroxyl groups is 2. The summed E-state index contributed by atoms with van der Waals surface area (Å²) in [5.41, 5.74) is 1.73. The van der Waals surface area contributed by atoms with Crippen LogP contribution in [0.4, 0.5) is 0 Å². The van der Waals surface area contributed by atoms with Gasteiger partial charge in [-0.05, 0) is 76.0 Å². The number of aryl methyl sites for hydroxylation is 1. The summed E-state index contributed by atoms with van der Waals surface area (Å²) in [6, 6.07) is 3.50.